The van der Waals surface area contributed by atoms with E-state index in [1.165, 1.54) is 43.3 Å². The Kier molecular flexibility index (Phi) is 5.41. The molecule has 146 valence electrons. The monoisotopic (exact) mass is 554 g/mol. The van der Waals surface area contributed by atoms with Gasteiger partial charge in [-0.3, -0.25) is 0 Å². The first-order chi connectivity index (χ1) is 14.2. The zero-order valence-electron chi connectivity index (χ0n) is 15.5. The Morgan fingerprint density at radius 1 is 0.690 bits per heavy atom. The average molecular weight is 554 g/mol. The summed E-state index contributed by atoms with van der Waals surface area (Å²) < 4.78 is 9.01. The van der Waals surface area contributed by atoms with Crippen LogP contribution in [-0.2, 0) is 0 Å². The molecule has 0 N–H and O–H groups in total. The SMILES string of the molecule is Cc1nc2c(nc1C)SC(=c1[se]c(=C3SC4=C(SCCS4)S3)c3ccccc13)S2. The van der Waals surface area contributed by atoms with Crippen molar-refractivity contribution in [1.29, 1.82) is 0 Å². The van der Waals surface area contributed by atoms with Gasteiger partial charge in [0.05, 0.1) is 0 Å². The van der Waals surface area contributed by atoms with E-state index in [1.54, 1.807) is 4.09 Å². The molecule has 2 nitrogen and oxygen atoms in total. The summed E-state index contributed by atoms with van der Waals surface area (Å²) in [6.45, 7) is 4.10. The zero-order chi connectivity index (χ0) is 19.5. The third kappa shape index (κ3) is 3.50. The third-order valence-electron chi connectivity index (χ3n) is 4.70. The van der Waals surface area contributed by atoms with E-state index in [-0.39, 0.29) is 0 Å². The molecule has 0 bridgehead atoms. The van der Waals surface area contributed by atoms with E-state index in [1.807, 2.05) is 70.6 Å². The zero-order valence-corrected chi connectivity index (χ0v) is 22.1. The molecule has 3 aliphatic heterocycles. The van der Waals surface area contributed by atoms with Gasteiger partial charge in [0.2, 0.25) is 0 Å². The molecule has 0 atom stereocenters. The molecule has 29 heavy (non-hydrogen) atoms. The molecule has 9 heteroatoms. The van der Waals surface area contributed by atoms with Crippen LogP contribution in [0, 0.1) is 13.8 Å². The summed E-state index contributed by atoms with van der Waals surface area (Å²) in [4.78, 5) is 9.59. The van der Waals surface area contributed by atoms with Crippen LogP contribution in [0.2, 0.25) is 0 Å². The first-order valence-corrected chi connectivity index (χ1v) is 15.9. The summed E-state index contributed by atoms with van der Waals surface area (Å²) in [5.41, 5.74) is 2.07. The Balaban J connectivity index is 1.54. The molecule has 2 aromatic heterocycles. The minimum absolute atomic E-state index is 0.310. The Hall–Kier alpha value is 0.139. The molecule has 6 rings (SSSR count). The van der Waals surface area contributed by atoms with Crippen molar-refractivity contribution < 1.29 is 0 Å². The van der Waals surface area contributed by atoms with E-state index in [0.29, 0.717) is 14.5 Å². The topological polar surface area (TPSA) is 25.8 Å². The predicted octanol–water partition coefficient (Wildman–Crippen LogP) is 5.42. The van der Waals surface area contributed by atoms with Crippen LogP contribution in [0.3, 0.4) is 0 Å². The van der Waals surface area contributed by atoms with Gasteiger partial charge in [-0.25, -0.2) is 0 Å². The number of fused-ring (bicyclic) bond motifs is 2. The van der Waals surface area contributed by atoms with Crippen molar-refractivity contribution >= 4 is 104 Å². The second-order valence-corrected chi connectivity index (χ2v) is 16.0. The molecule has 5 heterocycles. The first-order valence-electron chi connectivity index (χ1n) is 9.00. The molecule has 0 amide bonds. The van der Waals surface area contributed by atoms with Crippen molar-refractivity contribution in [3.8, 4) is 0 Å². The van der Waals surface area contributed by atoms with Crippen molar-refractivity contribution in [2.45, 2.75) is 23.9 Å². The molecule has 1 aromatic carbocycles. The van der Waals surface area contributed by atoms with Gasteiger partial charge in [0.15, 0.2) is 0 Å². The predicted molar refractivity (Wildman–Crippen MR) is 137 cm³/mol. The Labute approximate surface area is 200 Å². The van der Waals surface area contributed by atoms with Crippen LogP contribution in [0.1, 0.15) is 11.4 Å². The van der Waals surface area contributed by atoms with Crippen LogP contribution in [-0.4, -0.2) is 36.0 Å². The first kappa shape index (κ1) is 19.8. The summed E-state index contributed by atoms with van der Waals surface area (Å²) in [6.07, 6.45) is 0. The summed E-state index contributed by atoms with van der Waals surface area (Å²) in [7, 11) is 0. The van der Waals surface area contributed by atoms with Crippen LogP contribution in [0.5, 0.6) is 0 Å². The summed E-state index contributed by atoms with van der Waals surface area (Å²) in [5, 5.41) is 5.00. The number of rotatable bonds is 0. The van der Waals surface area contributed by atoms with E-state index in [4.69, 9.17) is 9.97 Å². The molecule has 0 aliphatic carbocycles. The molecule has 0 spiro atoms. The number of benzene rings is 1. The summed E-state index contributed by atoms with van der Waals surface area (Å²) in [6, 6.07) is 8.97. The van der Waals surface area contributed by atoms with Gasteiger partial charge in [0.1, 0.15) is 0 Å². The van der Waals surface area contributed by atoms with Crippen molar-refractivity contribution in [2.24, 2.45) is 0 Å². The molecule has 0 saturated carbocycles. The number of aromatic nitrogens is 2. The van der Waals surface area contributed by atoms with E-state index >= 15 is 0 Å². The van der Waals surface area contributed by atoms with Gasteiger partial charge in [-0.15, -0.1) is 0 Å². The fourth-order valence-electron chi connectivity index (χ4n) is 3.19. The molecule has 3 aliphatic rings. The number of thioether (sulfide) groups is 6. The Morgan fingerprint density at radius 2 is 1.17 bits per heavy atom. The maximum atomic E-state index is 4.80. The van der Waals surface area contributed by atoms with Crippen LogP contribution in [0.25, 0.3) is 19.2 Å². The van der Waals surface area contributed by atoms with Crippen molar-refractivity contribution in [1.82, 2.24) is 9.97 Å². The van der Waals surface area contributed by atoms with Gasteiger partial charge >= 0.3 is 202 Å². The normalized spacial score (nSPS) is 18.7. The number of hydrogen-bond acceptors (Lipinski definition) is 8. The number of hydrogen-bond donors (Lipinski definition) is 0. The van der Waals surface area contributed by atoms with Gasteiger partial charge in [-0.05, 0) is 0 Å². The average Bonchev–Trinajstić information content (AvgIpc) is 3.42. The quantitative estimate of drug-likeness (QED) is 0.341. The second kappa shape index (κ2) is 7.93. The van der Waals surface area contributed by atoms with E-state index < -0.39 is 0 Å². The van der Waals surface area contributed by atoms with Crippen LogP contribution in [0.15, 0.2) is 42.8 Å². The second-order valence-electron chi connectivity index (χ2n) is 6.57. The number of nitrogens with zero attached hydrogens (tertiary/aromatic N) is 2. The van der Waals surface area contributed by atoms with E-state index in [0.717, 1.165) is 21.4 Å². The van der Waals surface area contributed by atoms with Gasteiger partial charge < -0.3 is 0 Å². The molecule has 0 saturated heterocycles. The van der Waals surface area contributed by atoms with Gasteiger partial charge in [-0.2, -0.15) is 0 Å². The summed E-state index contributed by atoms with van der Waals surface area (Å²) >= 11 is 12.0. The molecular weight excluding hydrogens is 540 g/mol. The van der Waals surface area contributed by atoms with Gasteiger partial charge in [-0.1, -0.05) is 0 Å². The Bertz CT molecular complexity index is 1290. The molecule has 0 fully saturated rings. The fraction of sp³-hybridized carbons (Fsp3) is 0.200. The molecule has 0 unspecified atom stereocenters. The van der Waals surface area contributed by atoms with Crippen LogP contribution in [0.4, 0.5) is 0 Å². The van der Waals surface area contributed by atoms with Crippen molar-refractivity contribution in [2.75, 3.05) is 11.5 Å². The molecule has 3 aromatic rings. The van der Waals surface area contributed by atoms with E-state index in [2.05, 4.69) is 38.1 Å². The van der Waals surface area contributed by atoms with E-state index in [9.17, 15) is 0 Å². The van der Waals surface area contributed by atoms with Gasteiger partial charge in [0, 0.05) is 0 Å². The number of aryl methyl sites for hydroxylation is 2. The summed E-state index contributed by atoms with van der Waals surface area (Å²) in [5.74, 6) is 2.47. The fourth-order valence-corrected chi connectivity index (χ4v) is 15.2. The van der Waals surface area contributed by atoms with Crippen LogP contribution < -0.4 is 8.19 Å². The third-order valence-corrected chi connectivity index (χ3v) is 16.7. The van der Waals surface area contributed by atoms with Crippen LogP contribution >= 0.6 is 70.6 Å². The minimum atomic E-state index is 0.310. The molecular formula is C20H14N2S6Se. The Morgan fingerprint density at radius 3 is 1.69 bits per heavy atom. The van der Waals surface area contributed by atoms with Crippen molar-refractivity contribution in [3.63, 3.8) is 0 Å². The standard InChI is InChI=1S/C20H14N2S6Se/c1-9-10(2)22-16-15(21-9)25-17(26-16)13-11-5-3-4-6-12(11)14(29-13)18-27-19-20(28-18)24-8-7-23-19/h3-6H,7-8H2,1-2H3. The van der Waals surface area contributed by atoms with Gasteiger partial charge in [0.25, 0.3) is 0 Å². The van der Waals surface area contributed by atoms with Crippen molar-refractivity contribution in [3.05, 3.63) is 52.3 Å². The maximum absolute atomic E-state index is 4.80. The molecule has 0 radical (unpaired) electrons.